The molecule has 0 aliphatic carbocycles. The van der Waals surface area contributed by atoms with Crippen LogP contribution in [-0.4, -0.2) is 34.9 Å². The number of primary amides is 1. The fourth-order valence-corrected chi connectivity index (χ4v) is 4.13. The highest BCUT2D eigenvalue weighted by molar-refractivity contribution is 6.38. The van der Waals surface area contributed by atoms with Crippen molar-refractivity contribution in [3.63, 3.8) is 0 Å². The van der Waals surface area contributed by atoms with Crippen molar-refractivity contribution in [1.29, 1.82) is 0 Å². The Labute approximate surface area is 181 Å². The summed E-state index contributed by atoms with van der Waals surface area (Å²) in [7, 11) is 0. The Kier molecular flexibility index (Phi) is 6.63. The lowest BCUT2D eigenvalue weighted by Gasteiger charge is -2.26. The number of nitrogens with zero attached hydrogens (tertiary/aromatic N) is 1. The van der Waals surface area contributed by atoms with Crippen LogP contribution in [0.2, 0.25) is 0 Å². The van der Waals surface area contributed by atoms with Gasteiger partial charge in [-0.05, 0) is 37.0 Å². The number of carboxylic acid groups (broad SMARTS) is 1. The minimum absolute atomic E-state index is 0.106. The van der Waals surface area contributed by atoms with E-state index in [1.54, 1.807) is 12.1 Å². The quantitative estimate of drug-likeness (QED) is 0.599. The number of nitrogens with two attached hydrogens (primary N) is 1. The number of carboxylic acids is 1. The zero-order valence-electron chi connectivity index (χ0n) is 17.9. The molecule has 1 heterocycles. The molecule has 3 N–H and O–H groups in total. The molecular weight excluding hydrogens is 396 g/mol. The number of anilines is 1. The first-order chi connectivity index (χ1) is 14.7. The van der Waals surface area contributed by atoms with Gasteiger partial charge in [0.15, 0.2) is 6.10 Å². The second-order valence-corrected chi connectivity index (χ2v) is 8.32. The van der Waals surface area contributed by atoms with Crippen LogP contribution in [0.25, 0.3) is 0 Å². The fourth-order valence-electron chi connectivity index (χ4n) is 4.13. The van der Waals surface area contributed by atoms with E-state index in [-0.39, 0.29) is 12.0 Å². The molecule has 0 radical (unpaired) electrons. The molecule has 1 aliphatic heterocycles. The first-order valence-electron chi connectivity index (χ1n) is 10.4. The van der Waals surface area contributed by atoms with Crippen LogP contribution in [0, 0.1) is 5.92 Å². The van der Waals surface area contributed by atoms with E-state index in [4.69, 9.17) is 10.5 Å². The number of rotatable bonds is 9. The van der Waals surface area contributed by atoms with E-state index in [0.29, 0.717) is 24.3 Å². The molecule has 1 aliphatic rings. The summed E-state index contributed by atoms with van der Waals surface area (Å²) in [6.45, 7) is 6.21. The predicted octanol–water partition coefficient (Wildman–Crippen LogP) is 3.11. The van der Waals surface area contributed by atoms with Gasteiger partial charge in [-0.3, -0.25) is 9.59 Å². The highest BCUT2D eigenvalue weighted by atomic mass is 16.5. The number of aliphatic carboxylic acids is 1. The monoisotopic (exact) mass is 424 g/mol. The molecule has 31 heavy (non-hydrogen) atoms. The number of ether oxygens (including phenoxy) is 1. The summed E-state index contributed by atoms with van der Waals surface area (Å²) >= 11 is 0. The van der Waals surface area contributed by atoms with Crippen molar-refractivity contribution in [2.45, 2.75) is 51.8 Å². The fraction of sp³-hybridized carbons (Fsp3) is 0.375. The number of amides is 1. The van der Waals surface area contributed by atoms with Gasteiger partial charge in [0.25, 0.3) is 5.91 Å². The summed E-state index contributed by atoms with van der Waals surface area (Å²) in [5.74, 6) is -3.23. The second-order valence-electron chi connectivity index (χ2n) is 8.32. The van der Waals surface area contributed by atoms with Crippen molar-refractivity contribution in [3.05, 3.63) is 59.7 Å². The third-order valence-corrected chi connectivity index (χ3v) is 5.59. The Morgan fingerprint density at radius 1 is 1.10 bits per heavy atom. The molecular formula is C24H28N2O5. The van der Waals surface area contributed by atoms with Crippen LogP contribution >= 0.6 is 0 Å². The van der Waals surface area contributed by atoms with Gasteiger partial charge in [-0.15, -0.1) is 0 Å². The van der Waals surface area contributed by atoms with Gasteiger partial charge in [0, 0.05) is 23.8 Å². The second kappa shape index (κ2) is 9.20. The third kappa shape index (κ3) is 4.71. The molecule has 0 spiro atoms. The standard InChI is InChI=1S/C24H28N2O5/c1-14(2)12-19(24(29)30)31-18-11-7-10-17-21(18)20(22(27)23(25)28)15(3)26(17)13-16-8-5-4-6-9-16/h4-11,14-15,19-20H,12-13H2,1-3H3,(H2,25,28)(H,29,30). The molecule has 0 saturated carbocycles. The number of Topliss-reactive ketones (excluding diaryl/α,β-unsaturated/α-hetero) is 1. The van der Waals surface area contributed by atoms with E-state index in [1.165, 1.54) is 0 Å². The number of benzene rings is 2. The molecule has 0 bridgehead atoms. The van der Waals surface area contributed by atoms with E-state index in [1.807, 2.05) is 62.1 Å². The lowest BCUT2D eigenvalue weighted by Crippen LogP contribution is -2.38. The molecule has 3 rings (SSSR count). The van der Waals surface area contributed by atoms with Crippen molar-refractivity contribution >= 4 is 23.3 Å². The highest BCUT2D eigenvalue weighted by Gasteiger charge is 2.44. The first-order valence-corrected chi connectivity index (χ1v) is 10.4. The number of fused-ring (bicyclic) bond motifs is 1. The highest BCUT2D eigenvalue weighted by Crippen LogP contribution is 2.47. The molecule has 0 aromatic heterocycles. The number of hydrogen-bond acceptors (Lipinski definition) is 5. The smallest absolute Gasteiger partial charge is 0.344 e. The van der Waals surface area contributed by atoms with Gasteiger partial charge < -0.3 is 20.5 Å². The van der Waals surface area contributed by atoms with Crippen LogP contribution in [0.3, 0.4) is 0 Å². The molecule has 7 nitrogen and oxygen atoms in total. The molecule has 3 unspecified atom stereocenters. The van der Waals surface area contributed by atoms with Gasteiger partial charge in [-0.25, -0.2) is 4.79 Å². The van der Waals surface area contributed by atoms with E-state index >= 15 is 0 Å². The van der Waals surface area contributed by atoms with E-state index < -0.39 is 29.7 Å². The summed E-state index contributed by atoms with van der Waals surface area (Å²) in [6.07, 6.45) is -0.745. The van der Waals surface area contributed by atoms with Gasteiger partial charge in [-0.1, -0.05) is 50.2 Å². The zero-order valence-corrected chi connectivity index (χ0v) is 17.9. The summed E-state index contributed by atoms with van der Waals surface area (Å²) in [4.78, 5) is 38.4. The van der Waals surface area contributed by atoms with Crippen LogP contribution in [0.4, 0.5) is 5.69 Å². The van der Waals surface area contributed by atoms with Gasteiger partial charge in [0.05, 0.1) is 5.92 Å². The first kappa shape index (κ1) is 22.3. The SMILES string of the molecule is CC(C)CC(Oc1cccc2c1C(C(=O)C(N)=O)C(C)N2Cc1ccccc1)C(=O)O. The van der Waals surface area contributed by atoms with Crippen molar-refractivity contribution in [3.8, 4) is 5.75 Å². The zero-order chi connectivity index (χ0) is 22.7. The third-order valence-electron chi connectivity index (χ3n) is 5.59. The van der Waals surface area contributed by atoms with Crippen LogP contribution in [0.5, 0.6) is 5.75 Å². The normalized spacial score (nSPS) is 18.5. The Hall–Kier alpha value is -3.35. The average molecular weight is 424 g/mol. The topological polar surface area (TPSA) is 110 Å². The largest absolute Gasteiger partial charge is 0.479 e. The molecule has 1 amide bonds. The molecule has 3 atom stereocenters. The lowest BCUT2D eigenvalue weighted by molar-refractivity contribution is -0.145. The number of carbonyl (C=O) groups is 3. The van der Waals surface area contributed by atoms with E-state index in [0.717, 1.165) is 11.3 Å². The maximum atomic E-state index is 12.8. The van der Waals surface area contributed by atoms with Crippen molar-refractivity contribution < 1.29 is 24.2 Å². The Bertz CT molecular complexity index is 973. The van der Waals surface area contributed by atoms with E-state index in [2.05, 4.69) is 0 Å². The Morgan fingerprint density at radius 2 is 1.77 bits per heavy atom. The number of hydrogen-bond donors (Lipinski definition) is 2. The van der Waals surface area contributed by atoms with Gasteiger partial charge >= 0.3 is 5.97 Å². The maximum Gasteiger partial charge on any atom is 0.344 e. The van der Waals surface area contributed by atoms with Gasteiger partial charge in [0.1, 0.15) is 5.75 Å². The minimum Gasteiger partial charge on any atom is -0.479 e. The number of carbonyl (C=O) groups excluding carboxylic acids is 2. The van der Waals surface area contributed by atoms with Gasteiger partial charge in [-0.2, -0.15) is 0 Å². The predicted molar refractivity (Wildman–Crippen MR) is 117 cm³/mol. The minimum atomic E-state index is -1.07. The summed E-state index contributed by atoms with van der Waals surface area (Å²) in [6, 6.07) is 14.7. The van der Waals surface area contributed by atoms with Gasteiger partial charge in [0.2, 0.25) is 5.78 Å². The van der Waals surface area contributed by atoms with Crippen molar-refractivity contribution in [2.24, 2.45) is 11.7 Å². The van der Waals surface area contributed by atoms with E-state index in [9.17, 15) is 19.5 Å². The molecule has 0 saturated heterocycles. The maximum absolute atomic E-state index is 12.8. The van der Waals surface area contributed by atoms with Crippen LogP contribution in [0.1, 0.15) is 44.2 Å². The summed E-state index contributed by atoms with van der Waals surface area (Å²) in [5.41, 5.74) is 7.66. The molecule has 2 aromatic carbocycles. The van der Waals surface area contributed by atoms with Crippen molar-refractivity contribution in [2.75, 3.05) is 4.90 Å². The lowest BCUT2D eigenvalue weighted by atomic mass is 9.90. The Balaban J connectivity index is 2.06. The molecule has 7 heteroatoms. The van der Waals surface area contributed by atoms with Crippen LogP contribution in [0.15, 0.2) is 48.5 Å². The average Bonchev–Trinajstić information content (AvgIpc) is 2.99. The summed E-state index contributed by atoms with van der Waals surface area (Å²) < 4.78 is 5.91. The van der Waals surface area contributed by atoms with Crippen LogP contribution < -0.4 is 15.4 Å². The Morgan fingerprint density at radius 3 is 2.35 bits per heavy atom. The number of ketones is 1. The summed E-state index contributed by atoms with van der Waals surface area (Å²) in [5, 5.41) is 9.62. The van der Waals surface area contributed by atoms with Crippen LogP contribution in [-0.2, 0) is 20.9 Å². The van der Waals surface area contributed by atoms with Crippen molar-refractivity contribution in [1.82, 2.24) is 0 Å². The molecule has 164 valence electrons. The molecule has 2 aromatic rings. The molecule has 0 fully saturated rings.